The van der Waals surface area contributed by atoms with E-state index < -0.39 is 0 Å². The second kappa shape index (κ2) is 7.47. The average Bonchev–Trinajstić information content (AvgIpc) is 2.61. The van der Waals surface area contributed by atoms with Crippen LogP contribution >= 0.6 is 0 Å². The maximum absolute atomic E-state index is 12.2. The van der Waals surface area contributed by atoms with E-state index in [0.29, 0.717) is 17.2 Å². The van der Waals surface area contributed by atoms with Crippen LogP contribution in [0, 0.1) is 5.92 Å². The van der Waals surface area contributed by atoms with E-state index in [0.717, 1.165) is 36.3 Å². The van der Waals surface area contributed by atoms with E-state index >= 15 is 0 Å². The van der Waals surface area contributed by atoms with Crippen LogP contribution in [0.4, 0.5) is 0 Å². The van der Waals surface area contributed by atoms with Crippen LogP contribution in [0.25, 0.3) is 10.8 Å². The Morgan fingerprint density at radius 3 is 2.79 bits per heavy atom. The van der Waals surface area contributed by atoms with E-state index in [1.165, 1.54) is 6.42 Å². The summed E-state index contributed by atoms with van der Waals surface area (Å²) in [7, 11) is 0. The fraction of sp³-hybridized carbons (Fsp3) is 0.400. The zero-order valence-corrected chi connectivity index (χ0v) is 14.0. The molecule has 4 nitrogen and oxygen atoms in total. The highest BCUT2D eigenvalue weighted by molar-refractivity contribution is 6.00. The second-order valence-corrected chi connectivity index (χ2v) is 6.54. The first kappa shape index (κ1) is 16.5. The molecule has 0 heterocycles. The summed E-state index contributed by atoms with van der Waals surface area (Å²) < 4.78 is 5.63. The topological polar surface area (TPSA) is 55.4 Å². The Labute approximate surface area is 142 Å². The lowest BCUT2D eigenvalue weighted by molar-refractivity contribution is -0.124. The molecule has 0 aromatic heterocycles. The standard InChI is InChI=1S/C20H23NO3/c1-14-6-2-5-9-18(14)21-20(23)13-24-19-11-10-15-7-3-4-8-16(15)17(19)12-22/h3-4,7-8,10-12,14,18H,2,5-6,9,13H2,1H3,(H,21,23)/t14-,18-/m0/s1. The van der Waals surface area contributed by atoms with Crippen molar-refractivity contribution in [2.45, 2.75) is 38.6 Å². The first-order valence-corrected chi connectivity index (χ1v) is 8.58. The Morgan fingerprint density at radius 2 is 2.00 bits per heavy atom. The number of aldehydes is 1. The molecule has 0 radical (unpaired) electrons. The van der Waals surface area contributed by atoms with Crippen LogP contribution in [-0.2, 0) is 4.79 Å². The lowest BCUT2D eigenvalue weighted by Gasteiger charge is -2.29. The Kier molecular flexibility index (Phi) is 5.14. The molecule has 1 fully saturated rings. The number of benzene rings is 2. The van der Waals surface area contributed by atoms with Crippen LogP contribution < -0.4 is 10.1 Å². The molecule has 1 N–H and O–H groups in total. The zero-order chi connectivity index (χ0) is 16.9. The number of carbonyl (C=O) groups is 2. The van der Waals surface area contributed by atoms with Crippen LogP contribution in [0.3, 0.4) is 0 Å². The molecule has 126 valence electrons. The van der Waals surface area contributed by atoms with Gasteiger partial charge in [-0.05, 0) is 35.6 Å². The second-order valence-electron chi connectivity index (χ2n) is 6.54. The van der Waals surface area contributed by atoms with Crippen molar-refractivity contribution < 1.29 is 14.3 Å². The third-order valence-electron chi connectivity index (χ3n) is 4.87. The molecule has 2 atom stereocenters. The first-order chi connectivity index (χ1) is 11.7. The summed E-state index contributed by atoms with van der Waals surface area (Å²) >= 11 is 0. The van der Waals surface area contributed by atoms with Gasteiger partial charge in [0.1, 0.15) is 5.75 Å². The van der Waals surface area contributed by atoms with Gasteiger partial charge in [-0.3, -0.25) is 9.59 Å². The smallest absolute Gasteiger partial charge is 0.258 e. The summed E-state index contributed by atoms with van der Waals surface area (Å²) in [5, 5.41) is 4.88. The van der Waals surface area contributed by atoms with Gasteiger partial charge in [-0.25, -0.2) is 0 Å². The van der Waals surface area contributed by atoms with Crippen molar-refractivity contribution in [1.29, 1.82) is 0 Å². The van der Waals surface area contributed by atoms with E-state index in [1.54, 1.807) is 6.07 Å². The van der Waals surface area contributed by atoms with Gasteiger partial charge in [0, 0.05) is 6.04 Å². The van der Waals surface area contributed by atoms with Crippen LogP contribution in [0.2, 0.25) is 0 Å². The lowest BCUT2D eigenvalue weighted by atomic mass is 9.86. The minimum Gasteiger partial charge on any atom is -0.483 e. The van der Waals surface area contributed by atoms with Crippen molar-refractivity contribution in [3.8, 4) is 5.75 Å². The van der Waals surface area contributed by atoms with Gasteiger partial charge in [0.05, 0.1) is 5.56 Å². The lowest BCUT2D eigenvalue weighted by Crippen LogP contribution is -2.43. The van der Waals surface area contributed by atoms with Gasteiger partial charge in [-0.1, -0.05) is 50.1 Å². The van der Waals surface area contributed by atoms with Gasteiger partial charge < -0.3 is 10.1 Å². The number of fused-ring (bicyclic) bond motifs is 1. The number of carbonyl (C=O) groups excluding carboxylic acids is 2. The van der Waals surface area contributed by atoms with E-state index in [1.807, 2.05) is 30.3 Å². The number of hydrogen-bond donors (Lipinski definition) is 1. The van der Waals surface area contributed by atoms with Gasteiger partial charge in [-0.2, -0.15) is 0 Å². The molecule has 2 aromatic carbocycles. The van der Waals surface area contributed by atoms with E-state index in [9.17, 15) is 9.59 Å². The minimum atomic E-state index is -0.126. The number of amides is 1. The molecule has 0 bridgehead atoms. The zero-order valence-electron chi connectivity index (χ0n) is 14.0. The number of ether oxygens (including phenoxy) is 1. The Hall–Kier alpha value is -2.36. The molecule has 24 heavy (non-hydrogen) atoms. The molecule has 0 spiro atoms. The largest absolute Gasteiger partial charge is 0.483 e. The van der Waals surface area contributed by atoms with Crippen molar-refractivity contribution >= 4 is 23.0 Å². The third-order valence-corrected chi connectivity index (χ3v) is 4.87. The molecule has 1 amide bonds. The highest BCUT2D eigenvalue weighted by atomic mass is 16.5. The summed E-state index contributed by atoms with van der Waals surface area (Å²) in [5.74, 6) is 0.836. The fourth-order valence-corrected chi connectivity index (χ4v) is 3.45. The van der Waals surface area contributed by atoms with Crippen LogP contribution in [0.1, 0.15) is 43.0 Å². The molecule has 1 aliphatic carbocycles. The SMILES string of the molecule is C[C@H]1CCCC[C@@H]1NC(=O)COc1ccc2ccccc2c1C=O. The van der Waals surface area contributed by atoms with Crippen LogP contribution in [-0.4, -0.2) is 24.8 Å². The molecule has 4 heteroatoms. The maximum Gasteiger partial charge on any atom is 0.258 e. The molecule has 0 saturated heterocycles. The average molecular weight is 325 g/mol. The summed E-state index contributed by atoms with van der Waals surface area (Å²) in [6, 6.07) is 11.5. The van der Waals surface area contributed by atoms with E-state index in [4.69, 9.17) is 4.74 Å². The molecular formula is C20H23NO3. The van der Waals surface area contributed by atoms with Gasteiger partial charge in [0.15, 0.2) is 12.9 Å². The molecule has 0 aliphatic heterocycles. The van der Waals surface area contributed by atoms with Gasteiger partial charge in [-0.15, -0.1) is 0 Å². The fourth-order valence-electron chi connectivity index (χ4n) is 3.45. The van der Waals surface area contributed by atoms with E-state index in [-0.39, 0.29) is 18.6 Å². The molecular weight excluding hydrogens is 302 g/mol. The van der Waals surface area contributed by atoms with Gasteiger partial charge >= 0.3 is 0 Å². The monoisotopic (exact) mass is 325 g/mol. The summed E-state index contributed by atoms with van der Waals surface area (Å²) in [5.41, 5.74) is 0.493. The van der Waals surface area contributed by atoms with Gasteiger partial charge in [0.2, 0.25) is 0 Å². The number of hydrogen-bond acceptors (Lipinski definition) is 3. The summed E-state index contributed by atoms with van der Waals surface area (Å²) in [4.78, 5) is 23.6. The predicted octanol–water partition coefficient (Wildman–Crippen LogP) is 3.73. The van der Waals surface area contributed by atoms with Crippen molar-refractivity contribution in [1.82, 2.24) is 5.32 Å². The third kappa shape index (κ3) is 3.58. The van der Waals surface area contributed by atoms with Crippen molar-refractivity contribution in [2.24, 2.45) is 5.92 Å². The molecule has 1 aliphatic rings. The number of rotatable bonds is 5. The highest BCUT2D eigenvalue weighted by Gasteiger charge is 2.23. The Bertz CT molecular complexity index is 741. The van der Waals surface area contributed by atoms with E-state index in [2.05, 4.69) is 12.2 Å². The normalized spacial score (nSPS) is 20.5. The Morgan fingerprint density at radius 1 is 1.21 bits per heavy atom. The first-order valence-electron chi connectivity index (χ1n) is 8.58. The molecule has 1 saturated carbocycles. The summed E-state index contributed by atoms with van der Waals surface area (Å²) in [6.07, 6.45) is 5.38. The van der Waals surface area contributed by atoms with Crippen molar-refractivity contribution in [2.75, 3.05) is 6.61 Å². The maximum atomic E-state index is 12.2. The highest BCUT2D eigenvalue weighted by Crippen LogP contribution is 2.27. The number of nitrogens with one attached hydrogen (secondary N) is 1. The quantitative estimate of drug-likeness (QED) is 0.852. The Balaban J connectivity index is 1.67. The van der Waals surface area contributed by atoms with Crippen molar-refractivity contribution in [3.63, 3.8) is 0 Å². The minimum absolute atomic E-state index is 0.0671. The predicted molar refractivity (Wildman–Crippen MR) is 94.4 cm³/mol. The van der Waals surface area contributed by atoms with Gasteiger partial charge in [0.25, 0.3) is 5.91 Å². The van der Waals surface area contributed by atoms with Crippen LogP contribution in [0.15, 0.2) is 36.4 Å². The molecule has 3 rings (SSSR count). The molecule has 0 unspecified atom stereocenters. The van der Waals surface area contributed by atoms with Crippen LogP contribution in [0.5, 0.6) is 5.75 Å². The molecule has 2 aromatic rings. The summed E-state index contributed by atoms with van der Waals surface area (Å²) in [6.45, 7) is 2.11. The van der Waals surface area contributed by atoms with Crippen molar-refractivity contribution in [3.05, 3.63) is 42.0 Å².